The van der Waals surface area contributed by atoms with E-state index in [2.05, 4.69) is 187 Å². The van der Waals surface area contributed by atoms with Gasteiger partial charge >= 0.3 is 0 Å². The molecular formula is C61H40N4O. The van der Waals surface area contributed by atoms with E-state index in [0.717, 1.165) is 77.6 Å². The number of rotatable bonds is 9. The number of aromatic nitrogens is 3. The second-order valence-electron chi connectivity index (χ2n) is 16.4. The Morgan fingerprint density at radius 2 is 0.652 bits per heavy atom. The molecule has 310 valence electrons. The van der Waals surface area contributed by atoms with Gasteiger partial charge in [-0.3, -0.25) is 0 Å². The Morgan fingerprint density at radius 1 is 0.273 bits per heavy atom. The molecule has 66 heavy (non-hydrogen) atoms. The third-order valence-electron chi connectivity index (χ3n) is 12.3. The van der Waals surface area contributed by atoms with Crippen molar-refractivity contribution < 1.29 is 4.42 Å². The first-order valence-corrected chi connectivity index (χ1v) is 22.2. The summed E-state index contributed by atoms with van der Waals surface area (Å²) in [5.74, 6) is 1.83. The maximum absolute atomic E-state index is 6.80. The summed E-state index contributed by atoms with van der Waals surface area (Å²) in [4.78, 5) is 17.4. The zero-order valence-electron chi connectivity index (χ0n) is 35.8. The van der Waals surface area contributed by atoms with Gasteiger partial charge < -0.3 is 9.32 Å². The van der Waals surface area contributed by atoms with Crippen molar-refractivity contribution in [2.45, 2.75) is 0 Å². The highest BCUT2D eigenvalue weighted by atomic mass is 16.3. The molecule has 0 N–H and O–H groups in total. The standard InChI is InChI=1S/C61H40N4O/c1-5-15-41(16-6-1)43-25-32-49(33-26-43)65(50-34-27-44(28-35-50)42-17-7-2-8-18-42)51-36-29-45(30-37-51)48-31-38-54-56(39-48)66-57-40-55(52-23-13-14-24-53(52)58(54)57)61-63-59(46-19-9-3-10-20-46)62-60(64-61)47-21-11-4-12-22-47/h1-40H. The Kier molecular flexibility index (Phi) is 9.77. The normalized spacial score (nSPS) is 11.3. The van der Waals surface area contributed by atoms with E-state index < -0.39 is 0 Å². The van der Waals surface area contributed by atoms with E-state index in [1.54, 1.807) is 0 Å². The Bertz CT molecular complexity index is 3510. The summed E-state index contributed by atoms with van der Waals surface area (Å²) in [5.41, 5.74) is 14.5. The predicted octanol–water partition coefficient (Wildman–Crippen LogP) is 16.4. The van der Waals surface area contributed by atoms with Crippen LogP contribution in [0.5, 0.6) is 0 Å². The van der Waals surface area contributed by atoms with Crippen molar-refractivity contribution in [1.29, 1.82) is 0 Å². The minimum atomic E-state index is 0.593. The van der Waals surface area contributed by atoms with Crippen molar-refractivity contribution in [1.82, 2.24) is 15.0 Å². The number of fused-ring (bicyclic) bond motifs is 5. The van der Waals surface area contributed by atoms with Crippen LogP contribution in [0.25, 0.3) is 100 Å². The first kappa shape index (κ1) is 38.7. The van der Waals surface area contributed by atoms with E-state index in [9.17, 15) is 0 Å². The van der Waals surface area contributed by atoms with Gasteiger partial charge in [0.05, 0.1) is 0 Å². The van der Waals surface area contributed by atoms with Gasteiger partial charge in [-0.15, -0.1) is 0 Å². The van der Waals surface area contributed by atoms with E-state index in [1.807, 2.05) is 60.7 Å². The van der Waals surface area contributed by atoms with Crippen molar-refractivity contribution in [2.24, 2.45) is 0 Å². The molecule has 0 aliphatic rings. The second-order valence-corrected chi connectivity index (χ2v) is 16.4. The number of hydrogen-bond acceptors (Lipinski definition) is 5. The third-order valence-corrected chi connectivity index (χ3v) is 12.3. The van der Waals surface area contributed by atoms with Crippen molar-refractivity contribution in [3.8, 4) is 67.5 Å². The van der Waals surface area contributed by atoms with E-state index >= 15 is 0 Å². The molecule has 2 aromatic heterocycles. The van der Waals surface area contributed by atoms with E-state index in [-0.39, 0.29) is 0 Å². The van der Waals surface area contributed by atoms with Gasteiger partial charge in [-0.2, -0.15) is 0 Å². The first-order chi connectivity index (χ1) is 32.7. The highest BCUT2D eigenvalue weighted by molar-refractivity contribution is 6.22. The lowest BCUT2D eigenvalue weighted by Crippen LogP contribution is -2.09. The summed E-state index contributed by atoms with van der Waals surface area (Å²) in [7, 11) is 0. The average Bonchev–Trinajstić information content (AvgIpc) is 3.78. The molecule has 12 aromatic rings. The van der Waals surface area contributed by atoms with Crippen LogP contribution in [0.15, 0.2) is 247 Å². The van der Waals surface area contributed by atoms with Crippen molar-refractivity contribution in [2.75, 3.05) is 4.90 Å². The lowest BCUT2D eigenvalue weighted by Gasteiger charge is -2.26. The minimum Gasteiger partial charge on any atom is -0.456 e. The summed E-state index contributed by atoms with van der Waals surface area (Å²) in [5, 5.41) is 4.25. The highest BCUT2D eigenvalue weighted by Crippen LogP contribution is 2.42. The fraction of sp³-hybridized carbons (Fsp3) is 0. The number of hydrogen-bond donors (Lipinski definition) is 0. The van der Waals surface area contributed by atoms with E-state index in [4.69, 9.17) is 19.4 Å². The van der Waals surface area contributed by atoms with E-state index in [0.29, 0.717) is 17.5 Å². The van der Waals surface area contributed by atoms with Gasteiger partial charge in [0.25, 0.3) is 0 Å². The molecule has 12 rings (SSSR count). The topological polar surface area (TPSA) is 55.1 Å². The fourth-order valence-corrected chi connectivity index (χ4v) is 9.05. The molecule has 5 heteroatoms. The number of anilines is 3. The second kappa shape index (κ2) is 16.6. The van der Waals surface area contributed by atoms with Gasteiger partial charge in [-0.05, 0) is 98.8 Å². The number of nitrogens with zero attached hydrogens (tertiary/aromatic N) is 4. The van der Waals surface area contributed by atoms with Crippen LogP contribution in [0.1, 0.15) is 0 Å². The summed E-state index contributed by atoms with van der Waals surface area (Å²) in [6, 6.07) is 84.7. The zero-order valence-corrected chi connectivity index (χ0v) is 35.8. The molecule has 0 saturated heterocycles. The van der Waals surface area contributed by atoms with Gasteiger partial charge in [0.1, 0.15) is 11.2 Å². The third kappa shape index (κ3) is 7.25. The van der Waals surface area contributed by atoms with Crippen LogP contribution in [0, 0.1) is 0 Å². The van der Waals surface area contributed by atoms with Gasteiger partial charge in [0.15, 0.2) is 17.5 Å². The van der Waals surface area contributed by atoms with Crippen LogP contribution in [0.4, 0.5) is 17.1 Å². The molecule has 0 saturated carbocycles. The van der Waals surface area contributed by atoms with Gasteiger partial charge in [0, 0.05) is 44.5 Å². The first-order valence-electron chi connectivity index (χ1n) is 22.2. The van der Waals surface area contributed by atoms with Crippen LogP contribution in [0.2, 0.25) is 0 Å². The smallest absolute Gasteiger partial charge is 0.164 e. The van der Waals surface area contributed by atoms with Gasteiger partial charge in [-0.25, -0.2) is 15.0 Å². The molecule has 0 radical (unpaired) electrons. The van der Waals surface area contributed by atoms with Crippen LogP contribution in [0.3, 0.4) is 0 Å². The number of benzene rings is 10. The molecule has 0 atom stereocenters. The summed E-state index contributed by atoms with van der Waals surface area (Å²) >= 11 is 0. The zero-order chi connectivity index (χ0) is 43.8. The van der Waals surface area contributed by atoms with Crippen LogP contribution >= 0.6 is 0 Å². The number of furan rings is 1. The minimum absolute atomic E-state index is 0.593. The molecule has 0 amide bonds. The van der Waals surface area contributed by atoms with Crippen LogP contribution in [-0.4, -0.2) is 15.0 Å². The molecule has 0 spiro atoms. The summed E-state index contributed by atoms with van der Waals surface area (Å²) < 4.78 is 6.80. The van der Waals surface area contributed by atoms with Crippen LogP contribution < -0.4 is 4.90 Å². The van der Waals surface area contributed by atoms with Gasteiger partial charge in [-0.1, -0.05) is 188 Å². The molecule has 2 heterocycles. The van der Waals surface area contributed by atoms with Gasteiger partial charge in [0.2, 0.25) is 0 Å². The predicted molar refractivity (Wildman–Crippen MR) is 272 cm³/mol. The molecule has 0 aliphatic heterocycles. The Balaban J connectivity index is 0.924. The maximum atomic E-state index is 6.80. The molecular weight excluding hydrogens is 805 g/mol. The average molecular weight is 845 g/mol. The quantitative estimate of drug-likeness (QED) is 0.145. The van der Waals surface area contributed by atoms with Crippen molar-refractivity contribution in [3.63, 3.8) is 0 Å². The molecule has 0 bridgehead atoms. The molecule has 0 aliphatic carbocycles. The molecule has 0 unspecified atom stereocenters. The summed E-state index contributed by atoms with van der Waals surface area (Å²) in [6.07, 6.45) is 0. The Morgan fingerprint density at radius 3 is 1.14 bits per heavy atom. The Labute approximate surface area is 382 Å². The lowest BCUT2D eigenvalue weighted by atomic mass is 9.97. The SMILES string of the molecule is c1ccc(-c2ccc(N(c3ccc(-c4ccccc4)cc3)c3ccc(-c4ccc5c(c4)oc4cc(-c6nc(-c7ccccc7)nc(-c7ccccc7)n6)c6ccccc6c45)cc3)cc2)cc1. The Hall–Kier alpha value is -8.93. The largest absolute Gasteiger partial charge is 0.456 e. The molecule has 10 aromatic carbocycles. The van der Waals surface area contributed by atoms with Crippen molar-refractivity contribution in [3.05, 3.63) is 243 Å². The maximum Gasteiger partial charge on any atom is 0.164 e. The van der Waals surface area contributed by atoms with Crippen molar-refractivity contribution >= 4 is 49.8 Å². The monoisotopic (exact) mass is 844 g/mol. The summed E-state index contributed by atoms with van der Waals surface area (Å²) in [6.45, 7) is 0. The van der Waals surface area contributed by atoms with E-state index in [1.165, 1.54) is 22.3 Å². The molecule has 0 fully saturated rings. The molecule has 5 nitrogen and oxygen atoms in total. The highest BCUT2D eigenvalue weighted by Gasteiger charge is 2.20. The van der Waals surface area contributed by atoms with Crippen LogP contribution in [-0.2, 0) is 0 Å². The fourth-order valence-electron chi connectivity index (χ4n) is 9.05. The lowest BCUT2D eigenvalue weighted by molar-refractivity contribution is 0.669.